The summed E-state index contributed by atoms with van der Waals surface area (Å²) < 4.78 is 42.2. The minimum absolute atomic E-state index is 0.257. The molecule has 0 saturated heterocycles. The van der Waals surface area contributed by atoms with Gasteiger partial charge in [0, 0.05) is 6.54 Å². The maximum atomic E-state index is 12.4. The Morgan fingerprint density at radius 3 is 2.70 bits per heavy atom. The standard InChI is InChI=1S/C13H16F3NO3/c1-20-10-4-2-3-9(7-10)5-6-17-8-11(12(18)19)13(14,15)16/h2-4,7,11,17H,5-6,8H2,1H3,(H,18,19). The van der Waals surface area contributed by atoms with E-state index in [9.17, 15) is 18.0 Å². The monoisotopic (exact) mass is 291 g/mol. The van der Waals surface area contributed by atoms with E-state index < -0.39 is 24.6 Å². The molecule has 0 radical (unpaired) electrons. The van der Waals surface area contributed by atoms with Crippen LogP contribution in [0.5, 0.6) is 5.75 Å². The molecule has 4 nitrogen and oxygen atoms in total. The normalized spacial score (nSPS) is 13.0. The number of hydrogen-bond donors (Lipinski definition) is 2. The van der Waals surface area contributed by atoms with Gasteiger partial charge in [0.25, 0.3) is 0 Å². The average molecular weight is 291 g/mol. The van der Waals surface area contributed by atoms with Crippen molar-refractivity contribution in [3.8, 4) is 5.75 Å². The molecule has 0 aliphatic rings. The minimum Gasteiger partial charge on any atom is -0.497 e. The molecule has 2 N–H and O–H groups in total. The molecule has 112 valence electrons. The summed E-state index contributed by atoms with van der Waals surface area (Å²) in [4.78, 5) is 10.5. The lowest BCUT2D eigenvalue weighted by atomic mass is 10.1. The maximum Gasteiger partial charge on any atom is 0.403 e. The van der Waals surface area contributed by atoms with Gasteiger partial charge >= 0.3 is 12.1 Å². The van der Waals surface area contributed by atoms with E-state index in [1.165, 1.54) is 7.11 Å². The first-order chi connectivity index (χ1) is 9.34. The number of alkyl halides is 3. The highest BCUT2D eigenvalue weighted by Crippen LogP contribution is 2.25. The van der Waals surface area contributed by atoms with Gasteiger partial charge in [0.1, 0.15) is 5.75 Å². The zero-order valence-corrected chi connectivity index (χ0v) is 10.9. The van der Waals surface area contributed by atoms with E-state index in [4.69, 9.17) is 9.84 Å². The molecule has 7 heteroatoms. The van der Waals surface area contributed by atoms with Crippen LogP contribution >= 0.6 is 0 Å². The van der Waals surface area contributed by atoms with E-state index in [0.29, 0.717) is 12.2 Å². The van der Waals surface area contributed by atoms with E-state index in [1.54, 1.807) is 18.2 Å². The van der Waals surface area contributed by atoms with Gasteiger partial charge in [0.15, 0.2) is 5.92 Å². The van der Waals surface area contributed by atoms with Gasteiger partial charge in [0.05, 0.1) is 7.11 Å². The lowest BCUT2D eigenvalue weighted by Crippen LogP contribution is -2.39. The molecule has 0 heterocycles. The molecule has 1 rings (SSSR count). The number of aliphatic carboxylic acids is 1. The highest BCUT2D eigenvalue weighted by molar-refractivity contribution is 5.71. The van der Waals surface area contributed by atoms with E-state index in [2.05, 4.69) is 5.32 Å². The van der Waals surface area contributed by atoms with Crippen LogP contribution in [0.2, 0.25) is 0 Å². The molecule has 1 atom stereocenters. The molecule has 1 aromatic rings. The SMILES string of the molecule is COc1cccc(CCNCC(C(=O)O)C(F)(F)F)c1. The van der Waals surface area contributed by atoms with Crippen molar-refractivity contribution in [3.05, 3.63) is 29.8 Å². The van der Waals surface area contributed by atoms with Crippen LogP contribution in [-0.2, 0) is 11.2 Å². The Labute approximate surface area is 114 Å². The Morgan fingerprint density at radius 1 is 1.45 bits per heavy atom. The summed E-state index contributed by atoms with van der Waals surface area (Å²) in [6, 6.07) is 7.15. The second-order valence-electron chi connectivity index (χ2n) is 4.24. The van der Waals surface area contributed by atoms with Crippen molar-refractivity contribution in [1.29, 1.82) is 0 Å². The Hall–Kier alpha value is -1.76. The molecule has 0 aliphatic carbocycles. The molecule has 0 amide bonds. The number of nitrogens with one attached hydrogen (secondary N) is 1. The number of halogens is 3. The van der Waals surface area contributed by atoms with Crippen molar-refractivity contribution >= 4 is 5.97 Å². The Morgan fingerprint density at radius 2 is 2.15 bits per heavy atom. The molecule has 0 aliphatic heterocycles. The topological polar surface area (TPSA) is 58.6 Å². The van der Waals surface area contributed by atoms with Crippen molar-refractivity contribution < 1.29 is 27.8 Å². The van der Waals surface area contributed by atoms with Crippen LogP contribution < -0.4 is 10.1 Å². The fourth-order valence-corrected chi connectivity index (χ4v) is 1.65. The highest BCUT2D eigenvalue weighted by Gasteiger charge is 2.44. The molecule has 1 unspecified atom stereocenters. The molecule has 0 fully saturated rings. The fourth-order valence-electron chi connectivity index (χ4n) is 1.65. The second kappa shape index (κ2) is 7.14. The van der Waals surface area contributed by atoms with Gasteiger partial charge in [0.2, 0.25) is 0 Å². The van der Waals surface area contributed by atoms with Gasteiger partial charge in [-0.25, -0.2) is 0 Å². The summed E-state index contributed by atoms with van der Waals surface area (Å²) in [5.41, 5.74) is 0.899. The highest BCUT2D eigenvalue weighted by atomic mass is 19.4. The van der Waals surface area contributed by atoms with Crippen molar-refractivity contribution in [2.45, 2.75) is 12.6 Å². The largest absolute Gasteiger partial charge is 0.497 e. The smallest absolute Gasteiger partial charge is 0.403 e. The molecule has 0 bridgehead atoms. The van der Waals surface area contributed by atoms with Gasteiger partial charge in [-0.15, -0.1) is 0 Å². The van der Waals surface area contributed by atoms with Gasteiger partial charge in [-0.1, -0.05) is 12.1 Å². The first-order valence-electron chi connectivity index (χ1n) is 5.97. The molecular weight excluding hydrogens is 275 g/mol. The summed E-state index contributed by atoms with van der Waals surface area (Å²) in [5.74, 6) is -3.58. The molecular formula is C13H16F3NO3. The summed E-state index contributed by atoms with van der Waals surface area (Å²) in [5, 5.41) is 11.0. The van der Waals surface area contributed by atoms with Gasteiger partial charge < -0.3 is 15.2 Å². The van der Waals surface area contributed by atoms with Crippen LogP contribution in [-0.4, -0.2) is 37.5 Å². The van der Waals surface area contributed by atoms with E-state index in [0.717, 1.165) is 5.56 Å². The number of rotatable bonds is 7. The average Bonchev–Trinajstić information content (AvgIpc) is 2.36. The van der Waals surface area contributed by atoms with E-state index in [1.807, 2.05) is 6.07 Å². The van der Waals surface area contributed by atoms with E-state index in [-0.39, 0.29) is 6.54 Å². The van der Waals surface area contributed by atoms with Crippen LogP contribution in [0.25, 0.3) is 0 Å². The van der Waals surface area contributed by atoms with Crippen LogP contribution in [0.1, 0.15) is 5.56 Å². The first kappa shape index (κ1) is 16.3. The number of benzene rings is 1. The predicted molar refractivity (Wildman–Crippen MR) is 66.7 cm³/mol. The van der Waals surface area contributed by atoms with E-state index >= 15 is 0 Å². The van der Waals surface area contributed by atoms with Crippen LogP contribution in [0.15, 0.2) is 24.3 Å². The lowest BCUT2D eigenvalue weighted by molar-refractivity contribution is -0.192. The number of carboxylic acid groups (broad SMARTS) is 1. The lowest BCUT2D eigenvalue weighted by Gasteiger charge is -2.16. The Balaban J connectivity index is 2.42. The molecule has 0 aromatic heterocycles. The Kier molecular flexibility index (Phi) is 5.82. The van der Waals surface area contributed by atoms with Gasteiger partial charge in [-0.05, 0) is 30.7 Å². The fraction of sp³-hybridized carbons (Fsp3) is 0.462. The number of hydrogen-bond acceptors (Lipinski definition) is 3. The summed E-state index contributed by atoms with van der Waals surface area (Å²) in [6.07, 6.45) is -4.25. The van der Waals surface area contributed by atoms with Crippen LogP contribution in [0, 0.1) is 5.92 Å². The third kappa shape index (κ3) is 5.08. The van der Waals surface area contributed by atoms with Gasteiger partial charge in [-0.2, -0.15) is 13.2 Å². The number of carbonyl (C=O) groups is 1. The summed E-state index contributed by atoms with van der Waals surface area (Å²) in [6.45, 7) is -0.379. The number of carboxylic acids is 1. The zero-order chi connectivity index (χ0) is 15.2. The minimum atomic E-state index is -4.74. The van der Waals surface area contributed by atoms with Crippen LogP contribution in [0.3, 0.4) is 0 Å². The number of methoxy groups -OCH3 is 1. The quantitative estimate of drug-likeness (QED) is 0.755. The van der Waals surface area contributed by atoms with Crippen molar-refractivity contribution in [1.82, 2.24) is 5.32 Å². The molecule has 20 heavy (non-hydrogen) atoms. The first-order valence-corrected chi connectivity index (χ1v) is 5.97. The maximum absolute atomic E-state index is 12.4. The third-order valence-corrected chi connectivity index (χ3v) is 2.77. The molecule has 0 saturated carbocycles. The second-order valence-corrected chi connectivity index (χ2v) is 4.24. The summed E-state index contributed by atoms with van der Waals surface area (Å²) in [7, 11) is 1.53. The molecule has 1 aromatic carbocycles. The van der Waals surface area contributed by atoms with Gasteiger partial charge in [-0.3, -0.25) is 4.79 Å². The Bertz CT molecular complexity index is 449. The molecule has 0 spiro atoms. The van der Waals surface area contributed by atoms with Crippen molar-refractivity contribution in [2.75, 3.05) is 20.2 Å². The van der Waals surface area contributed by atoms with Crippen molar-refractivity contribution in [3.63, 3.8) is 0 Å². The predicted octanol–water partition coefficient (Wildman–Crippen LogP) is 2.09. The zero-order valence-electron chi connectivity index (χ0n) is 10.9. The van der Waals surface area contributed by atoms with Crippen molar-refractivity contribution in [2.24, 2.45) is 5.92 Å². The third-order valence-electron chi connectivity index (χ3n) is 2.77. The summed E-state index contributed by atoms with van der Waals surface area (Å²) >= 11 is 0. The van der Waals surface area contributed by atoms with Crippen LogP contribution in [0.4, 0.5) is 13.2 Å². The number of ether oxygens (including phenoxy) is 1.